The van der Waals surface area contributed by atoms with Crippen LogP contribution in [0.4, 0.5) is 4.79 Å². The molecule has 1 saturated heterocycles. The van der Waals surface area contributed by atoms with Crippen LogP contribution in [0.2, 0.25) is 0 Å². The Morgan fingerprint density at radius 3 is 2.35 bits per heavy atom. The quantitative estimate of drug-likeness (QED) is 0.845. The highest BCUT2D eigenvalue weighted by Crippen LogP contribution is 2.03. The summed E-state index contributed by atoms with van der Waals surface area (Å²) in [6.45, 7) is 2.88. The zero-order chi connectivity index (χ0) is 14.4. The van der Waals surface area contributed by atoms with Crippen molar-refractivity contribution in [2.24, 2.45) is 0 Å². The van der Waals surface area contributed by atoms with Crippen molar-refractivity contribution in [3.8, 4) is 0 Å². The highest BCUT2D eigenvalue weighted by Gasteiger charge is 2.21. The van der Waals surface area contributed by atoms with Crippen LogP contribution in [-0.2, 0) is 11.3 Å². The third kappa shape index (κ3) is 4.24. The van der Waals surface area contributed by atoms with Crippen LogP contribution in [-0.4, -0.2) is 59.6 Å². The molecule has 2 amide bonds. The smallest absolute Gasteiger partial charge is 0.317 e. The summed E-state index contributed by atoms with van der Waals surface area (Å²) < 4.78 is 0. The van der Waals surface area contributed by atoms with Gasteiger partial charge < -0.3 is 15.3 Å². The molecule has 6 nitrogen and oxygen atoms in total. The van der Waals surface area contributed by atoms with Crippen molar-refractivity contribution in [2.75, 3.05) is 32.7 Å². The fraction of sp³-hybridized carbons (Fsp3) is 0.429. The molecular formula is C14H19N3O3. The molecule has 1 aromatic rings. The first-order chi connectivity index (χ1) is 9.65. The van der Waals surface area contributed by atoms with Crippen molar-refractivity contribution < 1.29 is 14.7 Å². The van der Waals surface area contributed by atoms with Crippen LogP contribution in [0, 0.1) is 0 Å². The standard InChI is InChI=1S/C14H19N3O3/c18-13(19)11-16-6-8-17(9-7-16)14(20)15-10-12-4-2-1-3-5-12/h1-5H,6-11H2,(H,15,20)(H,18,19). The molecule has 108 valence electrons. The molecule has 0 radical (unpaired) electrons. The summed E-state index contributed by atoms with van der Waals surface area (Å²) >= 11 is 0. The molecular weight excluding hydrogens is 258 g/mol. The molecule has 1 heterocycles. The molecule has 20 heavy (non-hydrogen) atoms. The Morgan fingerprint density at radius 2 is 1.75 bits per heavy atom. The molecule has 2 N–H and O–H groups in total. The Labute approximate surface area is 118 Å². The van der Waals surface area contributed by atoms with Crippen molar-refractivity contribution in [1.82, 2.24) is 15.1 Å². The minimum atomic E-state index is -0.827. The van der Waals surface area contributed by atoms with Gasteiger partial charge in [0.1, 0.15) is 0 Å². The molecule has 1 aliphatic heterocycles. The maximum atomic E-state index is 12.0. The highest BCUT2D eigenvalue weighted by molar-refractivity contribution is 5.74. The van der Waals surface area contributed by atoms with E-state index in [1.54, 1.807) is 4.90 Å². The van der Waals surface area contributed by atoms with E-state index in [0.717, 1.165) is 5.56 Å². The first-order valence-electron chi connectivity index (χ1n) is 6.66. The van der Waals surface area contributed by atoms with Gasteiger partial charge in [0, 0.05) is 32.7 Å². The number of urea groups is 1. The number of benzene rings is 1. The van der Waals surface area contributed by atoms with Gasteiger partial charge in [-0.05, 0) is 5.56 Å². The van der Waals surface area contributed by atoms with Gasteiger partial charge in [-0.1, -0.05) is 30.3 Å². The van der Waals surface area contributed by atoms with Crippen LogP contribution in [0.5, 0.6) is 0 Å². The van der Waals surface area contributed by atoms with E-state index < -0.39 is 5.97 Å². The van der Waals surface area contributed by atoms with E-state index in [1.165, 1.54) is 0 Å². The van der Waals surface area contributed by atoms with Crippen LogP contribution < -0.4 is 5.32 Å². The maximum Gasteiger partial charge on any atom is 0.317 e. The molecule has 1 aromatic carbocycles. The van der Waals surface area contributed by atoms with E-state index in [9.17, 15) is 9.59 Å². The first kappa shape index (κ1) is 14.3. The lowest BCUT2D eigenvalue weighted by atomic mass is 10.2. The predicted molar refractivity (Wildman–Crippen MR) is 74.3 cm³/mol. The zero-order valence-corrected chi connectivity index (χ0v) is 11.3. The molecule has 6 heteroatoms. The number of hydrogen-bond acceptors (Lipinski definition) is 3. The van der Waals surface area contributed by atoms with Crippen LogP contribution in [0.1, 0.15) is 5.56 Å². The van der Waals surface area contributed by atoms with Crippen molar-refractivity contribution >= 4 is 12.0 Å². The number of hydrogen-bond donors (Lipinski definition) is 2. The van der Waals surface area contributed by atoms with Gasteiger partial charge in [0.2, 0.25) is 0 Å². The summed E-state index contributed by atoms with van der Waals surface area (Å²) in [7, 11) is 0. The van der Waals surface area contributed by atoms with Gasteiger partial charge in [-0.15, -0.1) is 0 Å². The Kier molecular flexibility index (Phi) is 4.95. The molecule has 0 aliphatic carbocycles. The molecule has 0 atom stereocenters. The van der Waals surface area contributed by atoms with Gasteiger partial charge in [-0.2, -0.15) is 0 Å². The number of piperazine rings is 1. The normalized spacial score (nSPS) is 15.9. The number of amides is 2. The fourth-order valence-electron chi connectivity index (χ4n) is 2.19. The van der Waals surface area contributed by atoms with E-state index in [0.29, 0.717) is 32.7 Å². The lowest BCUT2D eigenvalue weighted by molar-refractivity contribution is -0.138. The number of carbonyl (C=O) groups is 2. The van der Waals surface area contributed by atoms with Crippen LogP contribution in [0.3, 0.4) is 0 Å². The lowest BCUT2D eigenvalue weighted by Gasteiger charge is -2.33. The second kappa shape index (κ2) is 6.91. The molecule has 0 unspecified atom stereocenters. The van der Waals surface area contributed by atoms with Crippen LogP contribution in [0.15, 0.2) is 30.3 Å². The van der Waals surface area contributed by atoms with Gasteiger partial charge in [-0.3, -0.25) is 9.69 Å². The first-order valence-corrected chi connectivity index (χ1v) is 6.66. The largest absolute Gasteiger partial charge is 0.480 e. The van der Waals surface area contributed by atoms with Gasteiger partial charge in [0.15, 0.2) is 0 Å². The van der Waals surface area contributed by atoms with Crippen molar-refractivity contribution in [3.63, 3.8) is 0 Å². The average molecular weight is 277 g/mol. The highest BCUT2D eigenvalue weighted by atomic mass is 16.4. The van der Waals surface area contributed by atoms with Crippen molar-refractivity contribution in [3.05, 3.63) is 35.9 Å². The van der Waals surface area contributed by atoms with E-state index >= 15 is 0 Å². The molecule has 1 fully saturated rings. The Balaban J connectivity index is 1.73. The van der Waals surface area contributed by atoms with E-state index in [-0.39, 0.29) is 12.6 Å². The third-order valence-corrected chi connectivity index (χ3v) is 3.30. The minimum Gasteiger partial charge on any atom is -0.480 e. The topological polar surface area (TPSA) is 72.9 Å². The second-order valence-electron chi connectivity index (χ2n) is 4.80. The number of carboxylic acid groups (broad SMARTS) is 1. The molecule has 0 saturated carbocycles. The van der Waals surface area contributed by atoms with E-state index in [4.69, 9.17) is 5.11 Å². The Morgan fingerprint density at radius 1 is 1.10 bits per heavy atom. The number of rotatable bonds is 4. The Bertz CT molecular complexity index is 456. The fourth-order valence-corrected chi connectivity index (χ4v) is 2.19. The maximum absolute atomic E-state index is 12.0. The molecule has 2 rings (SSSR count). The number of carboxylic acids is 1. The summed E-state index contributed by atoms with van der Waals surface area (Å²) in [5.74, 6) is -0.827. The summed E-state index contributed by atoms with van der Waals surface area (Å²) in [5, 5.41) is 11.6. The van der Waals surface area contributed by atoms with Gasteiger partial charge in [0.25, 0.3) is 0 Å². The summed E-state index contributed by atoms with van der Waals surface area (Å²) in [4.78, 5) is 26.1. The number of carbonyl (C=O) groups excluding carboxylic acids is 1. The average Bonchev–Trinajstić information content (AvgIpc) is 2.46. The van der Waals surface area contributed by atoms with Crippen molar-refractivity contribution in [1.29, 1.82) is 0 Å². The Hall–Kier alpha value is -2.08. The molecule has 0 spiro atoms. The SMILES string of the molecule is O=C(O)CN1CCN(C(=O)NCc2ccccc2)CC1. The number of nitrogens with one attached hydrogen (secondary N) is 1. The summed E-state index contributed by atoms with van der Waals surface area (Å²) in [5.41, 5.74) is 1.06. The monoisotopic (exact) mass is 277 g/mol. The third-order valence-electron chi connectivity index (χ3n) is 3.30. The van der Waals surface area contributed by atoms with Crippen LogP contribution in [0.25, 0.3) is 0 Å². The molecule has 0 aromatic heterocycles. The number of nitrogens with zero attached hydrogens (tertiary/aromatic N) is 2. The summed E-state index contributed by atoms with van der Waals surface area (Å²) in [6, 6.07) is 9.64. The number of aliphatic carboxylic acids is 1. The second-order valence-corrected chi connectivity index (χ2v) is 4.80. The predicted octanol–water partition coefficient (Wildman–Crippen LogP) is 0.598. The molecule has 1 aliphatic rings. The zero-order valence-electron chi connectivity index (χ0n) is 11.3. The molecule has 0 bridgehead atoms. The van der Waals surface area contributed by atoms with Gasteiger partial charge in [0.05, 0.1) is 6.54 Å². The van der Waals surface area contributed by atoms with Crippen LogP contribution >= 0.6 is 0 Å². The van der Waals surface area contributed by atoms with E-state index in [2.05, 4.69) is 5.32 Å². The van der Waals surface area contributed by atoms with Gasteiger partial charge in [-0.25, -0.2) is 4.79 Å². The van der Waals surface area contributed by atoms with Crippen molar-refractivity contribution in [2.45, 2.75) is 6.54 Å². The lowest BCUT2D eigenvalue weighted by Crippen LogP contribution is -2.52. The minimum absolute atomic E-state index is 0.0411. The van der Waals surface area contributed by atoms with E-state index in [1.807, 2.05) is 35.2 Å². The summed E-state index contributed by atoms with van der Waals surface area (Å²) in [6.07, 6.45) is 0. The van der Waals surface area contributed by atoms with Gasteiger partial charge >= 0.3 is 12.0 Å².